The molecule has 0 atom stereocenters. The molecule has 3 heteroatoms. The molecule has 21 heavy (non-hydrogen) atoms. The molecule has 0 heterocycles. The third kappa shape index (κ3) is 4.72. The van der Waals surface area contributed by atoms with Crippen LogP contribution in [-0.4, -0.2) is 17.7 Å². The van der Waals surface area contributed by atoms with Gasteiger partial charge in [0.15, 0.2) is 0 Å². The minimum atomic E-state index is -0.293. The molecule has 0 aromatic heterocycles. The largest absolute Gasteiger partial charge is 0.457 e. The van der Waals surface area contributed by atoms with Crippen molar-refractivity contribution in [3.63, 3.8) is 0 Å². The number of unbranched alkanes of at least 4 members (excludes halogenated alkanes) is 1. The minimum Gasteiger partial charge on any atom is -0.457 e. The predicted octanol–water partition coefficient (Wildman–Crippen LogP) is 3.36. The van der Waals surface area contributed by atoms with Crippen LogP contribution >= 0.6 is 0 Å². The van der Waals surface area contributed by atoms with E-state index in [0.29, 0.717) is 5.56 Å². The normalized spacial score (nSPS) is 10.3. The summed E-state index contributed by atoms with van der Waals surface area (Å²) >= 11 is 0. The molecule has 110 valence electrons. The molecule has 0 saturated heterocycles. The topological polar surface area (TPSA) is 46.5 Å². The lowest BCUT2D eigenvalue weighted by atomic mass is 10.0. The van der Waals surface area contributed by atoms with Crippen LogP contribution in [0, 0.1) is 0 Å². The van der Waals surface area contributed by atoms with Crippen molar-refractivity contribution in [2.75, 3.05) is 6.61 Å². The number of aliphatic hydroxyl groups is 1. The molecule has 0 unspecified atom stereocenters. The van der Waals surface area contributed by atoms with Gasteiger partial charge in [0.25, 0.3) is 0 Å². The summed E-state index contributed by atoms with van der Waals surface area (Å²) in [6.45, 7) is 0.464. The Labute approximate surface area is 125 Å². The van der Waals surface area contributed by atoms with Gasteiger partial charge in [0, 0.05) is 6.61 Å². The molecule has 0 aliphatic heterocycles. The first kappa shape index (κ1) is 15.3. The molecule has 0 aliphatic carbocycles. The van der Waals surface area contributed by atoms with E-state index in [1.807, 2.05) is 48.5 Å². The summed E-state index contributed by atoms with van der Waals surface area (Å²) in [5.74, 6) is -0.293. The van der Waals surface area contributed by atoms with Gasteiger partial charge < -0.3 is 9.84 Å². The number of aryl methyl sites for hydroxylation is 1. The van der Waals surface area contributed by atoms with Crippen molar-refractivity contribution in [1.29, 1.82) is 0 Å². The van der Waals surface area contributed by atoms with Gasteiger partial charge in [-0.25, -0.2) is 4.79 Å². The number of hydrogen-bond donors (Lipinski definition) is 1. The van der Waals surface area contributed by atoms with E-state index in [1.165, 1.54) is 0 Å². The van der Waals surface area contributed by atoms with Crippen LogP contribution in [0.1, 0.15) is 34.3 Å². The summed E-state index contributed by atoms with van der Waals surface area (Å²) in [7, 11) is 0. The predicted molar refractivity (Wildman–Crippen MR) is 82.0 cm³/mol. The van der Waals surface area contributed by atoms with Crippen molar-refractivity contribution in [3.8, 4) is 0 Å². The summed E-state index contributed by atoms with van der Waals surface area (Å²) in [6.07, 6.45) is 2.38. The molecule has 0 radical (unpaired) electrons. The fraction of sp³-hybridized carbons (Fsp3) is 0.278. The van der Waals surface area contributed by atoms with Crippen molar-refractivity contribution in [1.82, 2.24) is 0 Å². The Morgan fingerprint density at radius 3 is 2.43 bits per heavy atom. The average Bonchev–Trinajstić information content (AvgIpc) is 2.54. The van der Waals surface area contributed by atoms with Crippen molar-refractivity contribution < 1.29 is 14.6 Å². The Bertz CT molecular complexity index is 564. The summed E-state index contributed by atoms with van der Waals surface area (Å²) in [5.41, 5.74) is 2.57. The molecular weight excluding hydrogens is 264 g/mol. The SMILES string of the molecule is O=C(OCc1ccccc1)c1ccccc1CCCCO. The van der Waals surface area contributed by atoms with Gasteiger partial charge in [-0.2, -0.15) is 0 Å². The number of ether oxygens (including phenoxy) is 1. The zero-order valence-corrected chi connectivity index (χ0v) is 12.0. The Kier molecular flexibility index (Phi) is 5.98. The van der Waals surface area contributed by atoms with Crippen LogP contribution in [0.3, 0.4) is 0 Å². The average molecular weight is 284 g/mol. The van der Waals surface area contributed by atoms with Gasteiger partial charge in [-0.1, -0.05) is 48.5 Å². The Morgan fingerprint density at radius 1 is 0.952 bits per heavy atom. The van der Waals surface area contributed by atoms with Gasteiger partial charge in [-0.05, 0) is 36.5 Å². The van der Waals surface area contributed by atoms with Crippen LogP contribution in [0.5, 0.6) is 0 Å². The molecule has 0 fully saturated rings. The molecule has 2 rings (SSSR count). The molecule has 2 aromatic carbocycles. The fourth-order valence-corrected chi connectivity index (χ4v) is 2.17. The van der Waals surface area contributed by atoms with Crippen LogP contribution in [0.4, 0.5) is 0 Å². The van der Waals surface area contributed by atoms with Crippen LogP contribution in [0.25, 0.3) is 0 Å². The highest BCUT2D eigenvalue weighted by Crippen LogP contribution is 2.14. The maximum Gasteiger partial charge on any atom is 0.338 e. The Morgan fingerprint density at radius 2 is 1.67 bits per heavy atom. The van der Waals surface area contributed by atoms with Gasteiger partial charge in [-0.3, -0.25) is 0 Å². The molecule has 0 saturated carbocycles. The number of benzene rings is 2. The van der Waals surface area contributed by atoms with Crippen LogP contribution in [-0.2, 0) is 17.8 Å². The van der Waals surface area contributed by atoms with Gasteiger partial charge in [-0.15, -0.1) is 0 Å². The van der Waals surface area contributed by atoms with E-state index in [9.17, 15) is 4.79 Å². The lowest BCUT2D eigenvalue weighted by Crippen LogP contribution is -2.08. The number of esters is 1. The Hall–Kier alpha value is -2.13. The zero-order valence-electron chi connectivity index (χ0n) is 12.0. The van der Waals surface area contributed by atoms with Gasteiger partial charge >= 0.3 is 5.97 Å². The number of aliphatic hydroxyl groups excluding tert-OH is 1. The van der Waals surface area contributed by atoms with Gasteiger partial charge in [0.2, 0.25) is 0 Å². The maximum atomic E-state index is 12.2. The lowest BCUT2D eigenvalue weighted by molar-refractivity contribution is 0.0471. The van der Waals surface area contributed by atoms with E-state index < -0.39 is 0 Å². The lowest BCUT2D eigenvalue weighted by Gasteiger charge is -2.09. The monoisotopic (exact) mass is 284 g/mol. The third-order valence-electron chi connectivity index (χ3n) is 3.30. The first-order valence-corrected chi connectivity index (χ1v) is 7.21. The summed E-state index contributed by atoms with van der Waals surface area (Å²) < 4.78 is 5.37. The van der Waals surface area contributed by atoms with E-state index in [0.717, 1.165) is 30.4 Å². The summed E-state index contributed by atoms with van der Waals surface area (Å²) in [6, 6.07) is 17.1. The molecule has 2 aromatic rings. The quantitative estimate of drug-likeness (QED) is 0.626. The fourth-order valence-electron chi connectivity index (χ4n) is 2.17. The van der Waals surface area contributed by atoms with Crippen LogP contribution in [0.2, 0.25) is 0 Å². The zero-order chi connectivity index (χ0) is 14.9. The van der Waals surface area contributed by atoms with Crippen molar-refractivity contribution in [2.24, 2.45) is 0 Å². The van der Waals surface area contributed by atoms with Crippen LogP contribution < -0.4 is 0 Å². The highest BCUT2D eigenvalue weighted by Gasteiger charge is 2.12. The van der Waals surface area contributed by atoms with Crippen molar-refractivity contribution in [3.05, 3.63) is 71.3 Å². The summed E-state index contributed by atoms with van der Waals surface area (Å²) in [4.78, 5) is 12.2. The van der Waals surface area contributed by atoms with E-state index in [2.05, 4.69) is 0 Å². The molecule has 1 N–H and O–H groups in total. The molecule has 3 nitrogen and oxygen atoms in total. The molecule has 0 aliphatic rings. The standard InChI is InChI=1S/C18H20O3/c19-13-7-6-11-16-10-4-5-12-17(16)18(20)21-14-15-8-2-1-3-9-15/h1-5,8-10,12,19H,6-7,11,13-14H2. The highest BCUT2D eigenvalue weighted by atomic mass is 16.5. The maximum absolute atomic E-state index is 12.2. The smallest absolute Gasteiger partial charge is 0.338 e. The van der Waals surface area contributed by atoms with E-state index >= 15 is 0 Å². The molecular formula is C18H20O3. The van der Waals surface area contributed by atoms with E-state index in [-0.39, 0.29) is 19.2 Å². The van der Waals surface area contributed by atoms with E-state index in [4.69, 9.17) is 9.84 Å². The van der Waals surface area contributed by atoms with Crippen LogP contribution in [0.15, 0.2) is 54.6 Å². The van der Waals surface area contributed by atoms with E-state index in [1.54, 1.807) is 6.07 Å². The Balaban J connectivity index is 1.98. The molecule has 0 spiro atoms. The minimum absolute atomic E-state index is 0.181. The summed E-state index contributed by atoms with van der Waals surface area (Å²) in [5, 5.41) is 8.84. The second-order valence-corrected chi connectivity index (χ2v) is 4.90. The molecule has 0 amide bonds. The molecule has 0 bridgehead atoms. The number of carbonyl (C=O) groups is 1. The highest BCUT2D eigenvalue weighted by molar-refractivity contribution is 5.91. The first-order chi connectivity index (χ1) is 10.3. The van der Waals surface area contributed by atoms with Crippen molar-refractivity contribution >= 4 is 5.97 Å². The third-order valence-corrected chi connectivity index (χ3v) is 3.30. The second-order valence-electron chi connectivity index (χ2n) is 4.90. The number of carbonyl (C=O) groups excluding carboxylic acids is 1. The number of rotatable bonds is 7. The second kappa shape index (κ2) is 8.22. The van der Waals surface area contributed by atoms with Gasteiger partial charge in [0.05, 0.1) is 5.56 Å². The first-order valence-electron chi connectivity index (χ1n) is 7.21. The number of hydrogen-bond acceptors (Lipinski definition) is 3. The van der Waals surface area contributed by atoms with Gasteiger partial charge in [0.1, 0.15) is 6.61 Å². The van der Waals surface area contributed by atoms with Crippen molar-refractivity contribution in [2.45, 2.75) is 25.9 Å².